The number of benzene rings is 1. The molecule has 0 spiro atoms. The zero-order chi connectivity index (χ0) is 13.4. The molecule has 0 amide bonds. The largest absolute Gasteiger partial charge is 0.369 e. The molecule has 0 radical (unpaired) electrons. The maximum Gasteiger partial charge on any atom is 0.211 e. The van der Waals surface area contributed by atoms with Gasteiger partial charge in [-0.15, -0.1) is 10.2 Å². The molecule has 0 bridgehead atoms. The molecule has 0 aliphatic rings. The first kappa shape index (κ1) is 13.2. The molecule has 0 saturated carbocycles. The van der Waals surface area contributed by atoms with Crippen molar-refractivity contribution in [3.8, 4) is 0 Å². The Kier molecular flexibility index (Phi) is 4.85. The van der Waals surface area contributed by atoms with E-state index in [1.807, 2.05) is 24.3 Å². The van der Waals surface area contributed by atoms with E-state index in [4.69, 9.17) is 22.9 Å². The molecular formula is C10H14N8. The van der Waals surface area contributed by atoms with Gasteiger partial charge < -0.3 is 22.9 Å². The average Bonchev–Trinajstić information content (AvgIpc) is 2.28. The summed E-state index contributed by atoms with van der Waals surface area (Å²) in [5, 5.41) is 14.4. The molecule has 0 atom stereocenters. The molecule has 8 heteroatoms. The molecule has 0 aromatic heterocycles. The van der Waals surface area contributed by atoms with Crippen LogP contribution in [-0.2, 0) is 0 Å². The summed E-state index contributed by atoms with van der Waals surface area (Å²) in [4.78, 5) is 0. The van der Waals surface area contributed by atoms with E-state index < -0.39 is 0 Å². The fourth-order valence-corrected chi connectivity index (χ4v) is 1.04. The van der Waals surface area contributed by atoms with Gasteiger partial charge in [0.1, 0.15) is 0 Å². The van der Waals surface area contributed by atoms with Gasteiger partial charge >= 0.3 is 0 Å². The molecular weight excluding hydrogens is 232 g/mol. The van der Waals surface area contributed by atoms with Crippen LogP contribution in [0.1, 0.15) is 11.1 Å². The summed E-state index contributed by atoms with van der Waals surface area (Å²) in [6.45, 7) is 0. The maximum atomic E-state index is 5.13. The Morgan fingerprint density at radius 1 is 0.833 bits per heavy atom. The predicted molar refractivity (Wildman–Crippen MR) is 73.2 cm³/mol. The zero-order valence-electron chi connectivity index (χ0n) is 9.56. The predicted octanol–water partition coefficient (Wildman–Crippen LogP) is -1.10. The summed E-state index contributed by atoms with van der Waals surface area (Å²) < 4.78 is 0. The quantitative estimate of drug-likeness (QED) is 0.302. The summed E-state index contributed by atoms with van der Waals surface area (Å²) in [5.74, 6) is -0.201. The van der Waals surface area contributed by atoms with Gasteiger partial charge in [0.25, 0.3) is 0 Å². The number of guanidine groups is 2. The van der Waals surface area contributed by atoms with Crippen LogP contribution in [0.4, 0.5) is 0 Å². The lowest BCUT2D eigenvalue weighted by atomic mass is 10.1. The number of nitrogens with zero attached hydrogens (tertiary/aromatic N) is 4. The van der Waals surface area contributed by atoms with Crippen LogP contribution in [0, 0.1) is 0 Å². The standard InChI is InChI=1S/C10H14N8/c11-9(12)17-15-5-7-2-1-3-8(4-7)6-16-18-10(13)14/h1-6H,(H4,11,12,17)(H4,13,14,18)/b15-5+,16-6+. The summed E-state index contributed by atoms with van der Waals surface area (Å²) in [7, 11) is 0. The number of hydrogen-bond acceptors (Lipinski definition) is 4. The van der Waals surface area contributed by atoms with E-state index in [2.05, 4.69) is 20.4 Å². The van der Waals surface area contributed by atoms with E-state index in [1.54, 1.807) is 0 Å². The van der Waals surface area contributed by atoms with Crippen LogP contribution in [0.2, 0.25) is 0 Å². The Hall–Kier alpha value is -2.90. The van der Waals surface area contributed by atoms with Gasteiger partial charge in [-0.1, -0.05) is 18.2 Å². The lowest BCUT2D eigenvalue weighted by molar-refractivity contribution is 1.21. The van der Waals surface area contributed by atoms with Crippen molar-refractivity contribution in [3.63, 3.8) is 0 Å². The molecule has 0 unspecified atom stereocenters. The van der Waals surface area contributed by atoms with Crippen molar-refractivity contribution in [2.75, 3.05) is 0 Å². The fraction of sp³-hybridized carbons (Fsp3) is 0. The molecule has 0 aliphatic carbocycles. The SMILES string of the molecule is NC(N)=N/N=C/c1cccc(/C=N/N=C(N)N)c1. The first-order chi connectivity index (χ1) is 8.58. The van der Waals surface area contributed by atoms with Gasteiger partial charge in [0.05, 0.1) is 12.4 Å². The topological polar surface area (TPSA) is 154 Å². The number of nitrogens with two attached hydrogens (primary N) is 4. The minimum Gasteiger partial charge on any atom is -0.369 e. The molecule has 1 aromatic rings. The monoisotopic (exact) mass is 246 g/mol. The minimum absolute atomic E-state index is 0.100. The van der Waals surface area contributed by atoms with E-state index in [0.717, 1.165) is 11.1 Å². The van der Waals surface area contributed by atoms with Gasteiger partial charge in [-0.3, -0.25) is 0 Å². The molecule has 0 aliphatic heterocycles. The molecule has 18 heavy (non-hydrogen) atoms. The van der Waals surface area contributed by atoms with Crippen LogP contribution in [-0.4, -0.2) is 24.3 Å². The third-order valence-electron chi connectivity index (χ3n) is 1.67. The lowest BCUT2D eigenvalue weighted by Crippen LogP contribution is -2.21. The first-order valence-corrected chi connectivity index (χ1v) is 4.92. The summed E-state index contributed by atoms with van der Waals surface area (Å²) in [6.07, 6.45) is 3.02. The second kappa shape index (κ2) is 6.63. The van der Waals surface area contributed by atoms with Crippen LogP contribution in [0.15, 0.2) is 44.7 Å². The normalized spacial score (nSPS) is 10.7. The van der Waals surface area contributed by atoms with Crippen LogP contribution >= 0.6 is 0 Å². The third-order valence-corrected chi connectivity index (χ3v) is 1.67. The lowest BCUT2D eigenvalue weighted by Gasteiger charge is -1.94. The third kappa shape index (κ3) is 5.26. The van der Waals surface area contributed by atoms with Gasteiger partial charge in [0.15, 0.2) is 0 Å². The van der Waals surface area contributed by atoms with Crippen molar-refractivity contribution in [1.29, 1.82) is 0 Å². The summed E-state index contributed by atoms with van der Waals surface area (Å²) in [5.41, 5.74) is 22.2. The fourth-order valence-electron chi connectivity index (χ4n) is 1.04. The van der Waals surface area contributed by atoms with Gasteiger partial charge in [-0.2, -0.15) is 10.2 Å². The van der Waals surface area contributed by atoms with Crippen LogP contribution in [0.3, 0.4) is 0 Å². The van der Waals surface area contributed by atoms with Crippen molar-refractivity contribution < 1.29 is 0 Å². The van der Waals surface area contributed by atoms with Crippen molar-refractivity contribution >= 4 is 24.3 Å². The molecule has 0 saturated heterocycles. The van der Waals surface area contributed by atoms with Crippen molar-refractivity contribution in [2.45, 2.75) is 0 Å². The average molecular weight is 246 g/mol. The highest BCUT2D eigenvalue weighted by Gasteiger charge is 1.90. The maximum absolute atomic E-state index is 5.13. The van der Waals surface area contributed by atoms with E-state index in [9.17, 15) is 0 Å². The Balaban J connectivity index is 2.80. The molecule has 0 heterocycles. The van der Waals surface area contributed by atoms with Crippen LogP contribution < -0.4 is 22.9 Å². The van der Waals surface area contributed by atoms with Gasteiger partial charge in [0, 0.05) is 0 Å². The minimum atomic E-state index is -0.100. The van der Waals surface area contributed by atoms with E-state index in [1.165, 1.54) is 12.4 Å². The molecule has 1 rings (SSSR count). The van der Waals surface area contributed by atoms with Crippen LogP contribution in [0.25, 0.3) is 0 Å². The Morgan fingerprint density at radius 2 is 1.28 bits per heavy atom. The molecule has 0 fully saturated rings. The number of rotatable bonds is 4. The van der Waals surface area contributed by atoms with Crippen molar-refractivity contribution in [1.82, 2.24) is 0 Å². The van der Waals surface area contributed by atoms with Gasteiger partial charge in [-0.05, 0) is 17.2 Å². The Labute approximate surface area is 104 Å². The van der Waals surface area contributed by atoms with E-state index >= 15 is 0 Å². The van der Waals surface area contributed by atoms with Crippen LogP contribution in [0.5, 0.6) is 0 Å². The van der Waals surface area contributed by atoms with Gasteiger partial charge in [-0.25, -0.2) is 0 Å². The first-order valence-electron chi connectivity index (χ1n) is 4.92. The molecule has 8 N–H and O–H groups in total. The Bertz CT molecular complexity index is 463. The van der Waals surface area contributed by atoms with Crippen molar-refractivity contribution in [3.05, 3.63) is 35.4 Å². The highest BCUT2D eigenvalue weighted by Crippen LogP contribution is 2.01. The highest BCUT2D eigenvalue weighted by atomic mass is 15.3. The van der Waals surface area contributed by atoms with E-state index in [0.29, 0.717) is 0 Å². The molecule has 1 aromatic carbocycles. The second-order valence-corrected chi connectivity index (χ2v) is 3.21. The second-order valence-electron chi connectivity index (χ2n) is 3.21. The molecule has 94 valence electrons. The van der Waals surface area contributed by atoms with E-state index in [-0.39, 0.29) is 11.9 Å². The summed E-state index contributed by atoms with van der Waals surface area (Å²) in [6, 6.07) is 7.32. The summed E-state index contributed by atoms with van der Waals surface area (Å²) >= 11 is 0. The van der Waals surface area contributed by atoms with Crippen molar-refractivity contribution in [2.24, 2.45) is 43.3 Å². The smallest absolute Gasteiger partial charge is 0.211 e. The zero-order valence-corrected chi connectivity index (χ0v) is 9.56. The highest BCUT2D eigenvalue weighted by molar-refractivity contribution is 5.87. The Morgan fingerprint density at radius 3 is 1.67 bits per heavy atom. The number of hydrogen-bond donors (Lipinski definition) is 4. The van der Waals surface area contributed by atoms with Gasteiger partial charge in [0.2, 0.25) is 11.9 Å². The molecule has 8 nitrogen and oxygen atoms in total.